The van der Waals surface area contributed by atoms with Crippen LogP contribution < -0.4 is 0 Å². The molecule has 1 amide bonds. The number of hydrogen-bond acceptors (Lipinski definition) is 4. The van der Waals surface area contributed by atoms with Crippen LogP contribution in [-0.2, 0) is 11.8 Å². The summed E-state index contributed by atoms with van der Waals surface area (Å²) >= 11 is 0. The Hall–Kier alpha value is -1.40. The number of hydrogen-bond donors (Lipinski definition) is 0. The van der Waals surface area contributed by atoms with Crippen LogP contribution in [-0.4, -0.2) is 71.4 Å². The van der Waals surface area contributed by atoms with E-state index in [1.807, 2.05) is 24.2 Å². The Balaban J connectivity index is 1.29. The van der Waals surface area contributed by atoms with Gasteiger partial charge in [0.05, 0.1) is 6.61 Å². The fourth-order valence-corrected chi connectivity index (χ4v) is 4.46. The Kier molecular flexibility index (Phi) is 4.58. The average molecular weight is 346 g/mol. The van der Waals surface area contributed by atoms with E-state index in [9.17, 15) is 4.79 Å². The molecule has 0 radical (unpaired) electrons. The maximum Gasteiger partial charge on any atom is 0.274 e. The molecule has 1 aromatic rings. The number of aryl methyl sites for hydroxylation is 1. The molecule has 6 heteroatoms. The van der Waals surface area contributed by atoms with Gasteiger partial charge in [-0.05, 0) is 56.6 Å². The average Bonchev–Trinajstić information content (AvgIpc) is 3.24. The van der Waals surface area contributed by atoms with Crippen molar-refractivity contribution in [3.8, 4) is 0 Å². The Morgan fingerprint density at radius 2 is 2.04 bits per heavy atom. The van der Waals surface area contributed by atoms with Gasteiger partial charge in [0.1, 0.15) is 5.69 Å². The van der Waals surface area contributed by atoms with Gasteiger partial charge in [0, 0.05) is 45.5 Å². The summed E-state index contributed by atoms with van der Waals surface area (Å²) in [6, 6.07) is 2.35. The van der Waals surface area contributed by atoms with Gasteiger partial charge in [0.25, 0.3) is 5.91 Å². The zero-order valence-corrected chi connectivity index (χ0v) is 15.5. The van der Waals surface area contributed by atoms with E-state index in [0.717, 1.165) is 51.6 Å². The molecule has 1 atom stereocenters. The zero-order valence-electron chi connectivity index (χ0n) is 15.5. The van der Waals surface area contributed by atoms with E-state index in [4.69, 9.17) is 4.74 Å². The minimum absolute atomic E-state index is 0.0751. The van der Waals surface area contributed by atoms with Crippen molar-refractivity contribution in [2.24, 2.45) is 18.4 Å². The number of carbonyl (C=O) groups excluding carboxylic acids is 1. The van der Waals surface area contributed by atoms with Gasteiger partial charge in [-0.1, -0.05) is 0 Å². The molecule has 1 aliphatic carbocycles. The molecular formula is C19H30N4O2. The third kappa shape index (κ3) is 3.75. The third-order valence-electron chi connectivity index (χ3n) is 6.28. The van der Waals surface area contributed by atoms with Crippen LogP contribution in [0.4, 0.5) is 0 Å². The lowest BCUT2D eigenvalue weighted by Crippen LogP contribution is -2.44. The van der Waals surface area contributed by atoms with Crippen molar-refractivity contribution < 1.29 is 9.53 Å². The molecule has 1 unspecified atom stereocenters. The predicted octanol–water partition coefficient (Wildman–Crippen LogP) is 1.77. The predicted molar refractivity (Wildman–Crippen MR) is 95.4 cm³/mol. The number of amides is 1. The molecule has 1 spiro atoms. The Morgan fingerprint density at radius 3 is 2.68 bits per heavy atom. The van der Waals surface area contributed by atoms with E-state index in [0.29, 0.717) is 17.2 Å². The molecule has 0 bridgehead atoms. The van der Waals surface area contributed by atoms with Crippen LogP contribution in [0.3, 0.4) is 0 Å². The van der Waals surface area contributed by atoms with Crippen LogP contribution in [0.2, 0.25) is 0 Å². The normalized spacial score (nSPS) is 26.5. The highest BCUT2D eigenvalue weighted by Crippen LogP contribution is 2.43. The second-order valence-electron chi connectivity index (χ2n) is 8.42. The fraction of sp³-hybridized carbons (Fsp3) is 0.789. The molecule has 0 aromatic carbocycles. The summed E-state index contributed by atoms with van der Waals surface area (Å²) in [6.07, 6.45) is 7.93. The van der Waals surface area contributed by atoms with E-state index in [1.54, 1.807) is 4.68 Å². The first kappa shape index (κ1) is 17.0. The van der Waals surface area contributed by atoms with Gasteiger partial charge >= 0.3 is 0 Å². The van der Waals surface area contributed by atoms with Crippen LogP contribution in [0.5, 0.6) is 0 Å². The Morgan fingerprint density at radius 1 is 1.28 bits per heavy atom. The van der Waals surface area contributed by atoms with Crippen molar-refractivity contribution in [2.45, 2.75) is 38.1 Å². The first-order valence-electron chi connectivity index (χ1n) is 9.62. The molecule has 2 saturated heterocycles. The molecule has 1 aromatic heterocycles. The van der Waals surface area contributed by atoms with Crippen LogP contribution in [0.1, 0.15) is 42.6 Å². The van der Waals surface area contributed by atoms with E-state index >= 15 is 0 Å². The molecule has 138 valence electrons. The number of likely N-dealkylation sites (tertiary alicyclic amines) is 2. The number of nitrogens with zero attached hydrogens (tertiary/aromatic N) is 4. The maximum atomic E-state index is 12.6. The number of aromatic nitrogens is 2. The molecule has 3 heterocycles. The third-order valence-corrected chi connectivity index (χ3v) is 6.28. The van der Waals surface area contributed by atoms with Crippen molar-refractivity contribution in [1.82, 2.24) is 19.6 Å². The number of rotatable bonds is 5. The zero-order chi connectivity index (χ0) is 17.4. The van der Waals surface area contributed by atoms with Crippen LogP contribution in [0.25, 0.3) is 0 Å². The van der Waals surface area contributed by atoms with E-state index < -0.39 is 0 Å². The van der Waals surface area contributed by atoms with E-state index in [1.165, 1.54) is 19.3 Å². The molecule has 2 aliphatic heterocycles. The van der Waals surface area contributed by atoms with Gasteiger partial charge < -0.3 is 14.5 Å². The first-order valence-corrected chi connectivity index (χ1v) is 9.62. The van der Waals surface area contributed by atoms with Crippen molar-refractivity contribution in [1.29, 1.82) is 0 Å². The topological polar surface area (TPSA) is 50.6 Å². The van der Waals surface area contributed by atoms with E-state index in [-0.39, 0.29) is 5.91 Å². The highest BCUT2D eigenvalue weighted by molar-refractivity contribution is 5.92. The summed E-state index contributed by atoms with van der Waals surface area (Å²) in [6.45, 7) is 4.64. The lowest BCUT2D eigenvalue weighted by Gasteiger charge is -2.39. The van der Waals surface area contributed by atoms with Gasteiger partial charge in [0.2, 0.25) is 0 Å². The van der Waals surface area contributed by atoms with Crippen LogP contribution in [0.15, 0.2) is 12.3 Å². The second kappa shape index (κ2) is 6.72. The summed E-state index contributed by atoms with van der Waals surface area (Å²) in [5.74, 6) is 0.910. The quantitative estimate of drug-likeness (QED) is 0.815. The lowest BCUT2D eigenvalue weighted by atomic mass is 9.76. The number of ether oxygens (including phenoxy) is 1. The minimum atomic E-state index is 0.0751. The van der Waals surface area contributed by atoms with Crippen molar-refractivity contribution >= 4 is 5.91 Å². The van der Waals surface area contributed by atoms with Gasteiger partial charge in [-0.2, -0.15) is 5.10 Å². The summed E-state index contributed by atoms with van der Waals surface area (Å²) < 4.78 is 7.64. The molecule has 0 N–H and O–H groups in total. The van der Waals surface area contributed by atoms with Crippen molar-refractivity contribution in [3.63, 3.8) is 0 Å². The number of likely N-dealkylation sites (N-methyl/N-ethyl adjacent to an activating group) is 1. The minimum Gasteiger partial charge on any atom is -0.380 e. The first-order chi connectivity index (χ1) is 12.0. The van der Waals surface area contributed by atoms with Gasteiger partial charge in [-0.3, -0.25) is 9.48 Å². The molecule has 3 aliphatic rings. The number of piperidine rings is 1. The SMILES string of the molecule is CN1CC2(CCN(C(=O)c3ccn(C)n3)CC2)CC1COCC1CC1. The lowest BCUT2D eigenvalue weighted by molar-refractivity contribution is 0.0582. The van der Waals surface area contributed by atoms with Gasteiger partial charge in [0.15, 0.2) is 0 Å². The highest BCUT2D eigenvalue weighted by atomic mass is 16.5. The largest absolute Gasteiger partial charge is 0.380 e. The summed E-state index contributed by atoms with van der Waals surface area (Å²) in [4.78, 5) is 17.0. The monoisotopic (exact) mass is 346 g/mol. The number of carbonyl (C=O) groups is 1. The standard InChI is InChI=1S/C19H30N4O2/c1-21-14-19(11-16(21)13-25-12-15-3-4-15)6-9-23(10-7-19)18(24)17-5-8-22(2)20-17/h5,8,15-16H,3-4,6-7,9-14H2,1-2H3. The molecular weight excluding hydrogens is 316 g/mol. The summed E-state index contributed by atoms with van der Waals surface area (Å²) in [5, 5.41) is 4.25. The fourth-order valence-electron chi connectivity index (χ4n) is 4.46. The van der Waals surface area contributed by atoms with Crippen LogP contribution in [0, 0.1) is 11.3 Å². The molecule has 4 rings (SSSR count). The van der Waals surface area contributed by atoms with E-state index in [2.05, 4.69) is 17.0 Å². The van der Waals surface area contributed by atoms with Gasteiger partial charge in [-0.15, -0.1) is 0 Å². The molecule has 1 saturated carbocycles. The summed E-state index contributed by atoms with van der Waals surface area (Å²) in [5.41, 5.74) is 0.928. The van der Waals surface area contributed by atoms with Gasteiger partial charge in [-0.25, -0.2) is 0 Å². The second-order valence-corrected chi connectivity index (χ2v) is 8.42. The molecule has 25 heavy (non-hydrogen) atoms. The van der Waals surface area contributed by atoms with Crippen LogP contribution >= 0.6 is 0 Å². The Labute approximate surface area is 150 Å². The maximum absolute atomic E-state index is 12.6. The van der Waals surface area contributed by atoms with Crippen molar-refractivity contribution in [2.75, 3.05) is 39.9 Å². The molecule has 6 nitrogen and oxygen atoms in total. The molecule has 3 fully saturated rings. The Bertz CT molecular complexity index is 617. The summed E-state index contributed by atoms with van der Waals surface area (Å²) in [7, 11) is 4.08. The van der Waals surface area contributed by atoms with Crippen molar-refractivity contribution in [3.05, 3.63) is 18.0 Å². The highest BCUT2D eigenvalue weighted by Gasteiger charge is 2.45. The smallest absolute Gasteiger partial charge is 0.274 e.